The summed E-state index contributed by atoms with van der Waals surface area (Å²) >= 11 is 0. The van der Waals surface area contributed by atoms with Gasteiger partial charge in [0, 0.05) is 12.5 Å². The van der Waals surface area contributed by atoms with Gasteiger partial charge in [0.25, 0.3) is 5.91 Å². The highest BCUT2D eigenvalue weighted by atomic mass is 32.3. The second-order valence-corrected chi connectivity index (χ2v) is 7.12. The number of fused-ring (bicyclic) bond motifs is 2. The third-order valence-electron chi connectivity index (χ3n) is 4.58. The number of nitrogens with zero attached hydrogens (tertiary/aromatic N) is 2. The topological polar surface area (TPSA) is 145 Å². The summed E-state index contributed by atoms with van der Waals surface area (Å²) in [6, 6.07) is -2.22. The van der Waals surface area contributed by atoms with Crippen molar-refractivity contribution in [1.29, 1.82) is 0 Å². The maximum absolute atomic E-state index is 12.2. The van der Waals surface area contributed by atoms with E-state index in [1.54, 1.807) is 0 Å². The Labute approximate surface area is 138 Å². The van der Waals surface area contributed by atoms with E-state index in [1.165, 1.54) is 0 Å². The van der Waals surface area contributed by atoms with Crippen molar-refractivity contribution in [3.63, 3.8) is 0 Å². The Kier molecular flexibility index (Phi) is 4.36. The molecule has 1 saturated carbocycles. The van der Waals surface area contributed by atoms with Crippen LogP contribution in [0.5, 0.6) is 0 Å². The molecule has 3 N–H and O–H groups in total. The highest BCUT2D eigenvalue weighted by Crippen LogP contribution is 2.30. The normalized spacial score (nSPS) is 27.0. The van der Waals surface area contributed by atoms with Crippen LogP contribution in [-0.4, -0.2) is 59.4 Å². The Balaban J connectivity index is 1.58. The SMILES string of the molecule is O=C(NNC(=O)[C@@H]1CC[C@@H]2CN1C(=O)N2OS(=O)(=O)O)C1CCC1. The third-order valence-corrected chi connectivity index (χ3v) is 4.93. The minimum Gasteiger partial charge on any atom is -0.309 e. The molecule has 2 aliphatic heterocycles. The molecule has 11 nitrogen and oxygen atoms in total. The van der Waals surface area contributed by atoms with E-state index in [-0.39, 0.29) is 24.8 Å². The Bertz CT molecular complexity index is 662. The summed E-state index contributed by atoms with van der Waals surface area (Å²) < 4.78 is 34.6. The molecule has 3 fully saturated rings. The fourth-order valence-electron chi connectivity index (χ4n) is 3.08. The molecular formula is C12H18N4O7S. The number of hydrazine groups is 1. The van der Waals surface area contributed by atoms with E-state index in [0.717, 1.165) is 24.2 Å². The summed E-state index contributed by atoms with van der Waals surface area (Å²) in [5.74, 6) is -0.899. The maximum Gasteiger partial charge on any atom is 0.418 e. The van der Waals surface area contributed by atoms with Gasteiger partial charge in [-0.1, -0.05) is 6.42 Å². The largest absolute Gasteiger partial charge is 0.418 e. The first kappa shape index (κ1) is 16.9. The van der Waals surface area contributed by atoms with Gasteiger partial charge >= 0.3 is 16.4 Å². The second kappa shape index (κ2) is 6.18. The molecule has 2 bridgehead atoms. The fraction of sp³-hybridized carbons (Fsp3) is 0.750. The number of piperidine rings is 1. The van der Waals surface area contributed by atoms with Gasteiger partial charge in [0.05, 0.1) is 6.04 Å². The van der Waals surface area contributed by atoms with E-state index in [4.69, 9.17) is 4.55 Å². The average molecular weight is 362 g/mol. The van der Waals surface area contributed by atoms with Gasteiger partial charge in [-0.2, -0.15) is 13.5 Å². The van der Waals surface area contributed by atoms with Crippen LogP contribution in [0.2, 0.25) is 0 Å². The first-order valence-corrected chi connectivity index (χ1v) is 8.99. The van der Waals surface area contributed by atoms with E-state index < -0.39 is 34.4 Å². The summed E-state index contributed by atoms with van der Waals surface area (Å²) in [4.78, 5) is 37.2. The summed E-state index contributed by atoms with van der Waals surface area (Å²) in [7, 11) is -4.82. The average Bonchev–Trinajstić information content (AvgIpc) is 2.67. The Hall–Kier alpha value is -1.92. The molecule has 3 aliphatic rings. The number of carbonyl (C=O) groups excluding carboxylic acids is 3. The van der Waals surface area contributed by atoms with Gasteiger partial charge in [-0.25, -0.2) is 4.79 Å². The van der Waals surface area contributed by atoms with Crippen molar-refractivity contribution in [2.45, 2.75) is 44.2 Å². The Morgan fingerprint density at radius 3 is 2.38 bits per heavy atom. The van der Waals surface area contributed by atoms with Crippen LogP contribution in [0.25, 0.3) is 0 Å². The molecule has 12 heteroatoms. The summed E-state index contributed by atoms with van der Waals surface area (Å²) in [6.07, 6.45) is 3.18. The van der Waals surface area contributed by atoms with Crippen molar-refractivity contribution in [2.75, 3.05) is 6.54 Å². The Morgan fingerprint density at radius 1 is 1.12 bits per heavy atom. The van der Waals surface area contributed by atoms with Crippen molar-refractivity contribution >= 4 is 28.2 Å². The summed E-state index contributed by atoms with van der Waals surface area (Å²) in [6.45, 7) is 0.100. The van der Waals surface area contributed by atoms with Gasteiger partial charge in [0.1, 0.15) is 6.04 Å². The van der Waals surface area contributed by atoms with Crippen molar-refractivity contribution in [3.8, 4) is 0 Å². The van der Waals surface area contributed by atoms with Gasteiger partial charge in [0.15, 0.2) is 0 Å². The standard InChI is InChI=1S/C12H18N4O7S/c17-10(7-2-1-3-7)13-14-11(18)9-5-4-8-6-15(9)12(19)16(8)23-24(20,21)22/h7-9H,1-6H2,(H,13,17)(H,14,18)(H,20,21,22)/t8-,9+/m1/s1. The molecule has 2 saturated heterocycles. The van der Waals surface area contributed by atoms with Crippen molar-refractivity contribution in [2.24, 2.45) is 5.92 Å². The number of hydrogen-bond donors (Lipinski definition) is 3. The van der Waals surface area contributed by atoms with Crippen LogP contribution in [0.15, 0.2) is 0 Å². The van der Waals surface area contributed by atoms with Crippen LogP contribution in [0.1, 0.15) is 32.1 Å². The van der Waals surface area contributed by atoms with E-state index in [9.17, 15) is 22.8 Å². The van der Waals surface area contributed by atoms with Crippen LogP contribution < -0.4 is 10.9 Å². The van der Waals surface area contributed by atoms with Crippen LogP contribution in [0, 0.1) is 5.92 Å². The lowest BCUT2D eigenvalue weighted by Gasteiger charge is -2.30. The molecular weight excluding hydrogens is 344 g/mol. The Morgan fingerprint density at radius 2 is 1.79 bits per heavy atom. The molecule has 2 heterocycles. The van der Waals surface area contributed by atoms with Crippen LogP contribution >= 0.6 is 0 Å². The first-order chi connectivity index (χ1) is 11.3. The third kappa shape index (κ3) is 3.30. The molecule has 0 spiro atoms. The number of hydrogen-bond acceptors (Lipinski definition) is 6. The van der Waals surface area contributed by atoms with Crippen LogP contribution in [0.4, 0.5) is 4.79 Å². The van der Waals surface area contributed by atoms with Gasteiger partial charge in [-0.05, 0) is 25.7 Å². The zero-order chi connectivity index (χ0) is 17.5. The van der Waals surface area contributed by atoms with Crippen molar-refractivity contribution in [1.82, 2.24) is 20.8 Å². The summed E-state index contributed by atoms with van der Waals surface area (Å²) in [5, 5.41) is 0.565. The number of hydroxylamine groups is 2. The lowest BCUT2D eigenvalue weighted by atomic mass is 9.85. The quantitative estimate of drug-likeness (QED) is 0.427. The minimum atomic E-state index is -4.82. The molecule has 0 radical (unpaired) electrons. The molecule has 3 rings (SSSR count). The predicted octanol–water partition coefficient (Wildman–Crippen LogP) is -1.06. The van der Waals surface area contributed by atoms with E-state index in [0.29, 0.717) is 11.5 Å². The molecule has 0 unspecified atom stereocenters. The number of carbonyl (C=O) groups is 3. The predicted molar refractivity (Wildman–Crippen MR) is 77.0 cm³/mol. The van der Waals surface area contributed by atoms with Crippen molar-refractivity contribution < 1.29 is 31.6 Å². The number of rotatable bonds is 4. The fourth-order valence-corrected chi connectivity index (χ4v) is 3.47. The zero-order valence-corrected chi connectivity index (χ0v) is 13.5. The van der Waals surface area contributed by atoms with Gasteiger partial charge in [-0.3, -0.25) is 25.0 Å². The highest BCUT2D eigenvalue weighted by Gasteiger charge is 2.49. The lowest BCUT2D eigenvalue weighted by Crippen LogP contribution is -2.55. The van der Waals surface area contributed by atoms with Crippen LogP contribution in [-0.2, 0) is 24.3 Å². The molecule has 0 aromatic carbocycles. The minimum absolute atomic E-state index is 0.0897. The lowest BCUT2D eigenvalue weighted by molar-refractivity contribution is -0.134. The molecule has 2 atom stereocenters. The van der Waals surface area contributed by atoms with Gasteiger partial charge in [0.2, 0.25) is 5.91 Å². The number of nitrogens with one attached hydrogen (secondary N) is 2. The van der Waals surface area contributed by atoms with Gasteiger partial charge in [-0.15, -0.1) is 4.28 Å². The summed E-state index contributed by atoms with van der Waals surface area (Å²) in [5.41, 5.74) is 4.66. The maximum atomic E-state index is 12.2. The highest BCUT2D eigenvalue weighted by molar-refractivity contribution is 7.80. The number of urea groups is 1. The monoisotopic (exact) mass is 362 g/mol. The van der Waals surface area contributed by atoms with E-state index >= 15 is 0 Å². The number of amides is 4. The molecule has 0 aromatic heterocycles. The smallest absolute Gasteiger partial charge is 0.309 e. The zero-order valence-electron chi connectivity index (χ0n) is 12.7. The van der Waals surface area contributed by atoms with Crippen LogP contribution in [0.3, 0.4) is 0 Å². The second-order valence-electron chi connectivity index (χ2n) is 6.12. The van der Waals surface area contributed by atoms with E-state index in [2.05, 4.69) is 15.1 Å². The molecule has 24 heavy (non-hydrogen) atoms. The first-order valence-electron chi connectivity index (χ1n) is 7.63. The molecule has 134 valence electrons. The van der Waals surface area contributed by atoms with Crippen molar-refractivity contribution in [3.05, 3.63) is 0 Å². The van der Waals surface area contributed by atoms with Gasteiger partial charge < -0.3 is 4.90 Å². The van der Waals surface area contributed by atoms with E-state index in [1.807, 2.05) is 0 Å². The molecule has 4 amide bonds. The molecule has 1 aliphatic carbocycles. The molecule has 0 aromatic rings.